The number of aliphatic hydroxyl groups is 2. The summed E-state index contributed by atoms with van der Waals surface area (Å²) in [5, 5.41) is 30.2. The van der Waals surface area contributed by atoms with Crippen LogP contribution in [0.1, 0.15) is 62.9 Å². The summed E-state index contributed by atoms with van der Waals surface area (Å²) >= 11 is 0. The summed E-state index contributed by atoms with van der Waals surface area (Å²) < 4.78 is 5.58. The number of carbonyl (C=O) groups excluding carboxylic acids is 1. The number of carbonyl (C=O) groups is 1. The van der Waals surface area contributed by atoms with Crippen LogP contribution in [0, 0.1) is 34.5 Å². The van der Waals surface area contributed by atoms with E-state index in [1.165, 1.54) is 0 Å². The Kier molecular flexibility index (Phi) is 4.58. The first-order chi connectivity index (χ1) is 15.4. The summed E-state index contributed by atoms with van der Waals surface area (Å²) in [5.41, 5.74) is -0.990. The highest BCUT2D eigenvalue weighted by Crippen LogP contribution is 2.64. The molecule has 2 unspecified atom stereocenters. The average Bonchev–Trinajstić information content (AvgIpc) is 3.17. The van der Waals surface area contributed by atoms with Gasteiger partial charge in [0.05, 0.1) is 11.7 Å². The Hall–Kier alpha value is -2.17. The summed E-state index contributed by atoms with van der Waals surface area (Å²) in [7, 11) is 0. The number of likely N-dealkylation sites (tertiary alicyclic amines) is 1. The van der Waals surface area contributed by atoms with E-state index in [0.717, 1.165) is 44.9 Å². The van der Waals surface area contributed by atoms with Gasteiger partial charge in [0.2, 0.25) is 5.91 Å². The standard InChI is InChI=1S/C25H31N3O4/c26-12-18-6-17-7-21(17)28(18)23(30)22(27-4-3-19-1-2-20(13-29)32-19)24-8-15-5-16(9-24)11-25(31,10-15)14-24/h1-2,4,15-18,21-22,29,31H,3,5-11,13-14H2/t15-,16+,17-,18+,21+,22+,24?,25?/m1/s1. The second-order valence-corrected chi connectivity index (χ2v) is 11.2. The summed E-state index contributed by atoms with van der Waals surface area (Å²) in [5.74, 6) is 2.59. The third kappa shape index (κ3) is 3.22. The first kappa shape index (κ1) is 20.4. The van der Waals surface area contributed by atoms with Crippen molar-refractivity contribution in [3.8, 4) is 6.07 Å². The lowest BCUT2D eigenvalue weighted by Gasteiger charge is -2.61. The number of rotatable bonds is 6. The maximum Gasteiger partial charge on any atom is 0.249 e. The van der Waals surface area contributed by atoms with Crippen molar-refractivity contribution in [3.63, 3.8) is 0 Å². The molecule has 2 heterocycles. The van der Waals surface area contributed by atoms with Crippen molar-refractivity contribution < 1.29 is 19.4 Å². The molecule has 1 saturated heterocycles. The van der Waals surface area contributed by atoms with Gasteiger partial charge < -0.3 is 19.5 Å². The molecule has 7 nitrogen and oxygen atoms in total. The van der Waals surface area contributed by atoms with Gasteiger partial charge in [-0.15, -0.1) is 0 Å². The van der Waals surface area contributed by atoms with E-state index in [9.17, 15) is 20.3 Å². The van der Waals surface area contributed by atoms with E-state index < -0.39 is 11.6 Å². The van der Waals surface area contributed by atoms with Crippen LogP contribution in [-0.2, 0) is 17.8 Å². The highest BCUT2D eigenvalue weighted by molar-refractivity contribution is 5.86. The first-order valence-electron chi connectivity index (χ1n) is 12.1. The molecule has 0 spiro atoms. The van der Waals surface area contributed by atoms with Gasteiger partial charge in [-0.2, -0.15) is 5.26 Å². The second-order valence-electron chi connectivity index (χ2n) is 11.2. The lowest BCUT2D eigenvalue weighted by molar-refractivity contribution is -0.177. The molecule has 170 valence electrons. The van der Waals surface area contributed by atoms with Gasteiger partial charge in [-0.3, -0.25) is 9.79 Å². The number of piperidine rings is 1. The van der Waals surface area contributed by atoms with Crippen molar-refractivity contribution in [1.82, 2.24) is 4.90 Å². The number of hydrogen-bond acceptors (Lipinski definition) is 6. The Morgan fingerprint density at radius 2 is 2.00 bits per heavy atom. The van der Waals surface area contributed by atoms with Gasteiger partial charge in [-0.05, 0) is 81.3 Å². The van der Waals surface area contributed by atoms with Gasteiger partial charge in [0.15, 0.2) is 0 Å². The normalized spacial score (nSPS) is 42.3. The van der Waals surface area contributed by atoms with E-state index in [0.29, 0.717) is 42.1 Å². The number of amides is 1. The largest absolute Gasteiger partial charge is 0.463 e. The lowest BCUT2D eigenvalue weighted by atomic mass is 9.46. The second kappa shape index (κ2) is 7.16. The van der Waals surface area contributed by atoms with Crippen LogP contribution in [0.15, 0.2) is 21.5 Å². The van der Waals surface area contributed by atoms with Crippen molar-refractivity contribution in [3.05, 3.63) is 23.7 Å². The monoisotopic (exact) mass is 437 g/mol. The zero-order valence-electron chi connectivity index (χ0n) is 18.3. The topological polar surface area (TPSA) is 110 Å². The minimum Gasteiger partial charge on any atom is -0.463 e. The Morgan fingerprint density at radius 1 is 1.25 bits per heavy atom. The van der Waals surface area contributed by atoms with Gasteiger partial charge in [0.25, 0.3) is 0 Å². The number of nitriles is 1. The van der Waals surface area contributed by atoms with Crippen molar-refractivity contribution in [1.29, 1.82) is 5.26 Å². The Morgan fingerprint density at radius 3 is 2.66 bits per heavy atom. The number of aliphatic imine (C=N–C) groups is 1. The van der Waals surface area contributed by atoms with Crippen LogP contribution in [0.3, 0.4) is 0 Å². The predicted molar refractivity (Wildman–Crippen MR) is 115 cm³/mol. The number of aliphatic hydroxyl groups excluding tert-OH is 1. The van der Waals surface area contributed by atoms with Crippen molar-refractivity contribution >= 4 is 12.1 Å². The predicted octanol–water partition coefficient (Wildman–Crippen LogP) is 2.60. The molecule has 5 saturated carbocycles. The molecular formula is C25H31N3O4. The maximum absolute atomic E-state index is 14.0. The van der Waals surface area contributed by atoms with Crippen LogP contribution in [-0.4, -0.2) is 51.0 Å². The number of hydrogen-bond donors (Lipinski definition) is 2. The van der Waals surface area contributed by atoms with Crippen LogP contribution in [0.2, 0.25) is 0 Å². The van der Waals surface area contributed by atoms with E-state index in [2.05, 4.69) is 6.07 Å². The molecular weight excluding hydrogens is 406 g/mol. The van der Waals surface area contributed by atoms with Crippen molar-refractivity contribution in [2.24, 2.45) is 28.2 Å². The fraction of sp³-hybridized carbons (Fsp3) is 0.720. The molecule has 1 amide bonds. The molecule has 2 N–H and O–H groups in total. The van der Waals surface area contributed by atoms with Crippen molar-refractivity contribution in [2.45, 2.75) is 88.1 Å². The van der Waals surface area contributed by atoms with Crippen LogP contribution in [0.25, 0.3) is 0 Å². The summed E-state index contributed by atoms with van der Waals surface area (Å²) in [6, 6.07) is 5.21. The molecule has 6 fully saturated rings. The molecule has 7 heteroatoms. The molecule has 4 bridgehead atoms. The molecule has 1 aromatic rings. The molecule has 1 aliphatic heterocycles. The van der Waals surface area contributed by atoms with E-state index in [1.807, 2.05) is 11.0 Å². The quantitative estimate of drug-likeness (QED) is 0.665. The van der Waals surface area contributed by atoms with Gasteiger partial charge in [-0.1, -0.05) is 0 Å². The number of fused-ring (bicyclic) bond motifs is 1. The Balaban J connectivity index is 1.31. The van der Waals surface area contributed by atoms with Crippen LogP contribution in [0.4, 0.5) is 0 Å². The summed E-state index contributed by atoms with van der Waals surface area (Å²) in [6.45, 7) is -0.143. The SMILES string of the molecule is N#C[C@@H]1C[C@@H]2C[C@@H]2N1C(=O)[C@H](N=CCc1ccc(CO)o1)C12C[C@@H]3C[C@@H](CC(O)(C3)C1)C2. The Labute approximate surface area is 188 Å². The van der Waals surface area contributed by atoms with Gasteiger partial charge in [0, 0.05) is 24.1 Å². The van der Waals surface area contributed by atoms with Crippen LogP contribution in [0.5, 0.6) is 0 Å². The molecule has 5 aliphatic carbocycles. The molecule has 8 atom stereocenters. The van der Waals surface area contributed by atoms with Gasteiger partial charge >= 0.3 is 0 Å². The highest BCUT2D eigenvalue weighted by Gasteiger charge is 2.63. The van der Waals surface area contributed by atoms with E-state index >= 15 is 0 Å². The van der Waals surface area contributed by atoms with E-state index in [4.69, 9.17) is 9.41 Å². The fourth-order valence-corrected chi connectivity index (χ4v) is 7.98. The molecule has 0 aromatic carbocycles. The Bertz CT molecular complexity index is 980. The fourth-order valence-electron chi connectivity index (χ4n) is 7.98. The molecule has 7 rings (SSSR count). The van der Waals surface area contributed by atoms with E-state index in [-0.39, 0.29) is 30.0 Å². The highest BCUT2D eigenvalue weighted by atomic mass is 16.4. The van der Waals surface area contributed by atoms with Gasteiger partial charge in [-0.25, -0.2) is 0 Å². The summed E-state index contributed by atoms with van der Waals surface area (Å²) in [6.07, 6.45) is 9.36. The smallest absolute Gasteiger partial charge is 0.249 e. The van der Waals surface area contributed by atoms with Crippen LogP contribution >= 0.6 is 0 Å². The minimum absolute atomic E-state index is 0.0150. The van der Waals surface area contributed by atoms with Gasteiger partial charge in [0.1, 0.15) is 30.2 Å². The average molecular weight is 438 g/mol. The zero-order chi connectivity index (χ0) is 22.1. The zero-order valence-corrected chi connectivity index (χ0v) is 18.3. The third-order valence-corrected chi connectivity index (χ3v) is 8.82. The van der Waals surface area contributed by atoms with Crippen LogP contribution < -0.4 is 0 Å². The van der Waals surface area contributed by atoms with Crippen molar-refractivity contribution in [2.75, 3.05) is 0 Å². The molecule has 32 heavy (non-hydrogen) atoms. The minimum atomic E-state index is -0.670. The molecule has 1 aromatic heterocycles. The number of nitrogens with zero attached hydrogens (tertiary/aromatic N) is 3. The number of furan rings is 1. The third-order valence-electron chi connectivity index (χ3n) is 8.82. The summed E-state index contributed by atoms with van der Waals surface area (Å²) in [4.78, 5) is 20.7. The molecule has 0 radical (unpaired) electrons. The first-order valence-corrected chi connectivity index (χ1v) is 12.1. The maximum atomic E-state index is 14.0. The molecule has 6 aliphatic rings. The lowest BCUT2D eigenvalue weighted by Crippen LogP contribution is -2.62. The van der Waals surface area contributed by atoms with E-state index in [1.54, 1.807) is 12.3 Å².